The maximum atomic E-state index is 15.9. The molecule has 0 radical (unpaired) electrons. The van der Waals surface area contributed by atoms with Gasteiger partial charge in [-0.1, -0.05) is 0 Å². The topological polar surface area (TPSA) is 309 Å². The Hall–Kier alpha value is -3.54. The Morgan fingerprint density at radius 1 is 0.978 bits per heavy atom. The van der Waals surface area contributed by atoms with Crippen molar-refractivity contribution in [3.63, 3.8) is 0 Å². The van der Waals surface area contributed by atoms with Crippen molar-refractivity contribution in [2.75, 3.05) is 24.4 Å². The molecule has 3 aliphatic heterocycles. The highest BCUT2D eigenvalue weighted by Crippen LogP contribution is 2.53. The van der Waals surface area contributed by atoms with Gasteiger partial charge in [0.1, 0.15) is 24.4 Å². The molecule has 3 saturated heterocycles. The Balaban J connectivity index is 1.21. The van der Waals surface area contributed by atoms with Crippen LogP contribution >= 0.6 is 15.4 Å². The van der Waals surface area contributed by atoms with E-state index in [4.69, 9.17) is 39.2 Å². The van der Waals surface area contributed by atoms with Crippen LogP contribution in [0.15, 0.2) is 17.4 Å². The molecule has 7 heterocycles. The van der Waals surface area contributed by atoms with Gasteiger partial charge >= 0.3 is 21.5 Å². The number of hydrogen-bond acceptors (Lipinski definition) is 17. The van der Waals surface area contributed by atoms with E-state index >= 15 is 4.39 Å². The molecule has 22 nitrogen and oxygen atoms in total. The number of H-pyrrole nitrogens is 1. The Morgan fingerprint density at radius 3 is 2.43 bits per heavy atom. The van der Waals surface area contributed by atoms with E-state index in [1.54, 1.807) is 0 Å². The molecule has 0 aromatic carbocycles. The summed E-state index contributed by atoms with van der Waals surface area (Å²) in [6.45, 7) is -0.979. The monoisotopic (exact) mass is 694 g/mol. The molecule has 2 bridgehead atoms. The van der Waals surface area contributed by atoms with E-state index in [0.717, 1.165) is 21.8 Å². The molecule has 10 atom stereocenters. The molecule has 4 aromatic heterocycles. The van der Waals surface area contributed by atoms with Gasteiger partial charge in [0, 0.05) is 0 Å². The molecule has 8 N–H and O–H groups in total. The fourth-order valence-electron chi connectivity index (χ4n) is 5.24. The number of hydrogen-bond donors (Lipinski definition) is 6. The lowest BCUT2D eigenvalue weighted by Crippen LogP contribution is -2.35. The van der Waals surface area contributed by atoms with Crippen LogP contribution in [0.4, 0.5) is 20.5 Å². The molecule has 3 aliphatic rings. The molecular weight excluding hydrogens is 672 g/mol. The number of aliphatic hydroxyl groups excluding tert-OH is 1. The van der Waals surface area contributed by atoms with Crippen LogP contribution in [0.2, 0.25) is 0 Å². The fraction of sp³-hybridized carbons (Fsp3) is 0.500. The van der Waals surface area contributed by atoms with Crippen molar-refractivity contribution in [1.29, 1.82) is 0 Å². The Morgan fingerprint density at radius 2 is 1.67 bits per heavy atom. The first-order chi connectivity index (χ1) is 21.7. The molecule has 0 amide bonds. The summed E-state index contributed by atoms with van der Waals surface area (Å²) in [7, 11) is -10.2. The number of aromatic amines is 1. The lowest BCUT2D eigenvalue weighted by Gasteiger charge is -2.25. The molecule has 248 valence electrons. The van der Waals surface area contributed by atoms with Gasteiger partial charge in [0.05, 0.1) is 19.3 Å². The summed E-state index contributed by atoms with van der Waals surface area (Å²) in [5, 5.41) is 10.9. The van der Waals surface area contributed by atoms with E-state index < -0.39 is 89.3 Å². The number of phosphoric acid groups is 1. The SMILES string of the molecule is Nc1nc2c(ncn2[C@@H]2O[C@@H]3OCP(=O)(O)O[C@H]4[C@@H](F)[C@H](n5cnc6c(N)nc(F)nc65)O[C@@H]4COP(=O)(O)O[C@@H]2[C@@H]3O)c(=O)[nH]1. The second kappa shape index (κ2) is 11.0. The largest absolute Gasteiger partial charge is 0.472 e. The standard InChI is InChI=1S/C20H22F2N10O12P2/c21-6-10-5(41-16(6)31-2-25-7-12(23)27-19(22)28-13(7)31)1-40-46(37,38)44-11-9(33)18(39-4-45(35,36)43-10)42-17(11)32-3-26-8-14(32)29-20(24)30-15(8)34/h2-3,5-6,9-11,16-18,33H,1,4H2,(H,35,36)(H,37,38)(H2,23,27,28)(H3,24,29,30,34)/t5-,6-,9+,10-,11-,16-,17-,18+/m1/s1. The minimum Gasteiger partial charge on any atom is -0.385 e. The second-order valence-corrected chi connectivity index (χ2v) is 13.4. The molecule has 0 spiro atoms. The summed E-state index contributed by atoms with van der Waals surface area (Å²) < 4.78 is 90.1. The van der Waals surface area contributed by atoms with Gasteiger partial charge in [-0.3, -0.25) is 37.0 Å². The van der Waals surface area contributed by atoms with Crippen molar-refractivity contribution in [2.24, 2.45) is 0 Å². The van der Waals surface area contributed by atoms with Gasteiger partial charge in [-0.25, -0.2) is 18.9 Å². The van der Waals surface area contributed by atoms with Crippen LogP contribution in [0, 0.1) is 6.08 Å². The first-order valence-electron chi connectivity index (χ1n) is 13.0. The first kappa shape index (κ1) is 31.1. The maximum absolute atomic E-state index is 15.9. The number of imidazole rings is 2. The molecule has 46 heavy (non-hydrogen) atoms. The van der Waals surface area contributed by atoms with Crippen molar-refractivity contribution in [3.05, 3.63) is 29.1 Å². The minimum atomic E-state index is -5.23. The Bertz CT molecular complexity index is 2000. The van der Waals surface area contributed by atoms with Crippen LogP contribution in [0.25, 0.3) is 22.3 Å². The minimum absolute atomic E-state index is 0.109. The van der Waals surface area contributed by atoms with Gasteiger partial charge in [-0.2, -0.15) is 19.3 Å². The predicted octanol–water partition coefficient (Wildman–Crippen LogP) is -1.23. The van der Waals surface area contributed by atoms with Gasteiger partial charge in [0.15, 0.2) is 59.4 Å². The predicted molar refractivity (Wildman–Crippen MR) is 142 cm³/mol. The van der Waals surface area contributed by atoms with Crippen molar-refractivity contribution in [1.82, 2.24) is 39.0 Å². The molecule has 26 heteroatoms. The lowest BCUT2D eigenvalue weighted by atomic mass is 10.1. The summed E-state index contributed by atoms with van der Waals surface area (Å²) in [5.74, 6) is -0.681. The summed E-state index contributed by atoms with van der Waals surface area (Å²) in [6.07, 6.45) is -15.2. The zero-order chi connectivity index (χ0) is 32.7. The van der Waals surface area contributed by atoms with Crippen LogP contribution in [0.3, 0.4) is 0 Å². The maximum Gasteiger partial charge on any atom is 0.472 e. The number of nitrogens with zero attached hydrogens (tertiary/aromatic N) is 7. The Labute approximate surface area is 252 Å². The van der Waals surface area contributed by atoms with Crippen molar-refractivity contribution < 1.29 is 60.6 Å². The van der Waals surface area contributed by atoms with Crippen LogP contribution in [0.1, 0.15) is 12.5 Å². The fourth-order valence-corrected chi connectivity index (χ4v) is 7.20. The average Bonchev–Trinajstić information content (AvgIpc) is 3.72. The highest BCUT2D eigenvalue weighted by atomic mass is 31.2. The number of halogens is 2. The van der Waals surface area contributed by atoms with Gasteiger partial charge in [-0.05, 0) is 0 Å². The zero-order valence-corrected chi connectivity index (χ0v) is 24.4. The molecule has 7 rings (SSSR count). The third-order valence-electron chi connectivity index (χ3n) is 7.20. The third-order valence-corrected chi connectivity index (χ3v) is 9.24. The number of phosphoric ester groups is 1. The number of aliphatic hydroxyl groups is 1. The van der Waals surface area contributed by atoms with Crippen LogP contribution < -0.4 is 17.0 Å². The molecular formula is C20H22F2N10O12P2. The Kier molecular flexibility index (Phi) is 7.45. The number of nitrogen functional groups attached to an aromatic ring is 2. The molecule has 0 saturated carbocycles. The number of rotatable bonds is 2. The van der Waals surface area contributed by atoms with Crippen LogP contribution in [0.5, 0.6) is 0 Å². The summed E-state index contributed by atoms with van der Waals surface area (Å²) >= 11 is 0. The number of nitrogens with two attached hydrogens (primary N) is 2. The number of ether oxygens (including phenoxy) is 3. The van der Waals surface area contributed by atoms with Crippen molar-refractivity contribution in [3.8, 4) is 0 Å². The highest BCUT2D eigenvalue weighted by Gasteiger charge is 2.54. The lowest BCUT2D eigenvalue weighted by molar-refractivity contribution is -0.168. The molecule has 0 aliphatic carbocycles. The van der Waals surface area contributed by atoms with E-state index in [0.29, 0.717) is 0 Å². The summed E-state index contributed by atoms with van der Waals surface area (Å²) in [4.78, 5) is 54.4. The molecule has 4 aromatic rings. The van der Waals surface area contributed by atoms with Crippen LogP contribution in [-0.2, 0) is 36.9 Å². The summed E-state index contributed by atoms with van der Waals surface area (Å²) in [5.41, 5.74) is 9.76. The van der Waals surface area contributed by atoms with E-state index in [2.05, 4.69) is 29.9 Å². The number of aromatic nitrogens is 8. The summed E-state index contributed by atoms with van der Waals surface area (Å²) in [6, 6.07) is 0. The number of nitrogens with one attached hydrogen (secondary N) is 1. The number of fused-ring (bicyclic) bond motifs is 5. The smallest absolute Gasteiger partial charge is 0.385 e. The second-order valence-electron chi connectivity index (χ2n) is 10.2. The van der Waals surface area contributed by atoms with Gasteiger partial charge in [0.25, 0.3) is 5.56 Å². The molecule has 3 fully saturated rings. The number of anilines is 2. The van der Waals surface area contributed by atoms with E-state index in [-0.39, 0.29) is 34.1 Å². The highest BCUT2D eigenvalue weighted by molar-refractivity contribution is 7.52. The van der Waals surface area contributed by atoms with Gasteiger partial charge in [-0.15, -0.1) is 0 Å². The third kappa shape index (κ3) is 5.36. The van der Waals surface area contributed by atoms with Crippen molar-refractivity contribution in [2.45, 2.75) is 49.3 Å². The van der Waals surface area contributed by atoms with E-state index in [1.165, 1.54) is 0 Å². The zero-order valence-electron chi connectivity index (χ0n) is 22.6. The van der Waals surface area contributed by atoms with Gasteiger partial charge < -0.3 is 40.6 Å². The normalized spacial score (nSPS) is 37.2. The van der Waals surface area contributed by atoms with Gasteiger partial charge in [0.2, 0.25) is 5.95 Å². The number of alkyl halides is 1. The first-order valence-corrected chi connectivity index (χ1v) is 16.3. The van der Waals surface area contributed by atoms with Crippen LogP contribution in [-0.4, -0.2) is 104 Å². The molecule has 2 unspecified atom stereocenters. The van der Waals surface area contributed by atoms with E-state index in [1.807, 2.05) is 0 Å². The van der Waals surface area contributed by atoms with Crippen molar-refractivity contribution >= 4 is 49.5 Å². The quantitative estimate of drug-likeness (QED) is 0.106. The van der Waals surface area contributed by atoms with E-state index in [9.17, 15) is 33.2 Å². The average molecular weight is 694 g/mol.